The summed E-state index contributed by atoms with van der Waals surface area (Å²) in [7, 11) is 0. The zero-order valence-electron chi connectivity index (χ0n) is 10.3. The van der Waals surface area contributed by atoms with Gasteiger partial charge >= 0.3 is 0 Å². The van der Waals surface area contributed by atoms with E-state index in [9.17, 15) is 4.79 Å². The van der Waals surface area contributed by atoms with Crippen LogP contribution in [0.4, 0.5) is 0 Å². The number of nitrogen functional groups attached to an aromatic ring is 1. The van der Waals surface area contributed by atoms with Crippen molar-refractivity contribution in [2.24, 2.45) is 5.84 Å². The minimum Gasteiger partial charge on any atom is -0.341 e. The number of fused-ring (bicyclic) bond motifs is 1. The molecular formula is C13H11BrN4OS. The van der Waals surface area contributed by atoms with Crippen LogP contribution in [0.2, 0.25) is 0 Å². The molecule has 20 heavy (non-hydrogen) atoms. The van der Waals surface area contributed by atoms with Gasteiger partial charge in [0.05, 0.1) is 12.2 Å². The summed E-state index contributed by atoms with van der Waals surface area (Å²) in [4.78, 5) is 15.7. The number of carbonyl (C=O) groups is 1. The number of hydrogen-bond acceptors (Lipinski definition) is 4. The van der Waals surface area contributed by atoms with Gasteiger partial charge in [0.2, 0.25) is 0 Å². The molecule has 5 nitrogen and oxygen atoms in total. The van der Waals surface area contributed by atoms with Crippen molar-refractivity contribution in [3.8, 4) is 0 Å². The number of nitrogens with zero attached hydrogens (tertiary/aromatic N) is 2. The van der Waals surface area contributed by atoms with E-state index >= 15 is 0 Å². The lowest BCUT2D eigenvalue weighted by atomic mass is 10.2. The Hall–Kier alpha value is -1.70. The van der Waals surface area contributed by atoms with Crippen LogP contribution in [0.1, 0.15) is 15.5 Å². The second kappa shape index (κ2) is 5.35. The third-order valence-electron chi connectivity index (χ3n) is 2.94. The Bertz CT molecular complexity index is 780. The van der Waals surface area contributed by atoms with Crippen molar-refractivity contribution >= 4 is 44.1 Å². The van der Waals surface area contributed by atoms with E-state index in [4.69, 9.17) is 5.84 Å². The van der Waals surface area contributed by atoms with E-state index in [0.29, 0.717) is 11.6 Å². The van der Waals surface area contributed by atoms with Crippen molar-refractivity contribution in [1.29, 1.82) is 0 Å². The number of hydrazine groups is 1. The third-order valence-corrected chi connectivity index (χ3v) is 4.33. The summed E-state index contributed by atoms with van der Waals surface area (Å²) >= 11 is 4.75. The van der Waals surface area contributed by atoms with Crippen LogP contribution in [0.25, 0.3) is 10.9 Å². The molecule has 0 aliphatic rings. The molecule has 0 aliphatic heterocycles. The number of halogens is 1. The molecule has 7 heteroatoms. The standard InChI is InChI=1S/C13H11BrN4OS/c14-9-1-2-11-8(5-9)3-4-18(11)6-10-7-20-13(16-10)12(19)17-15/h1-5,7H,6,15H2,(H,17,19). The number of nitrogens with one attached hydrogen (secondary N) is 1. The summed E-state index contributed by atoms with van der Waals surface area (Å²) in [6.07, 6.45) is 2.01. The molecule has 3 aromatic rings. The quantitative estimate of drug-likeness (QED) is 0.433. The van der Waals surface area contributed by atoms with Crippen LogP contribution in [0.3, 0.4) is 0 Å². The Morgan fingerprint density at radius 3 is 3.10 bits per heavy atom. The molecule has 0 aliphatic carbocycles. The van der Waals surface area contributed by atoms with E-state index in [0.717, 1.165) is 21.1 Å². The van der Waals surface area contributed by atoms with Gasteiger partial charge in [0.25, 0.3) is 5.91 Å². The van der Waals surface area contributed by atoms with E-state index in [2.05, 4.69) is 49.1 Å². The molecule has 1 aromatic carbocycles. The van der Waals surface area contributed by atoms with Crippen molar-refractivity contribution in [1.82, 2.24) is 15.0 Å². The monoisotopic (exact) mass is 350 g/mol. The van der Waals surface area contributed by atoms with Gasteiger partial charge < -0.3 is 4.57 Å². The predicted molar refractivity (Wildman–Crippen MR) is 82.5 cm³/mol. The normalized spacial score (nSPS) is 10.9. The van der Waals surface area contributed by atoms with Gasteiger partial charge in [-0.25, -0.2) is 10.8 Å². The Balaban J connectivity index is 1.89. The van der Waals surface area contributed by atoms with Crippen LogP contribution in [-0.2, 0) is 6.54 Å². The molecule has 0 spiro atoms. The van der Waals surface area contributed by atoms with Crippen molar-refractivity contribution in [3.05, 3.63) is 51.0 Å². The topological polar surface area (TPSA) is 72.9 Å². The Morgan fingerprint density at radius 2 is 2.30 bits per heavy atom. The highest BCUT2D eigenvalue weighted by atomic mass is 79.9. The number of thiazole rings is 1. The molecule has 0 saturated heterocycles. The summed E-state index contributed by atoms with van der Waals surface area (Å²) in [5, 5.41) is 3.41. The molecule has 102 valence electrons. The smallest absolute Gasteiger partial charge is 0.294 e. The molecule has 3 rings (SSSR count). The molecule has 0 saturated carbocycles. The largest absolute Gasteiger partial charge is 0.341 e. The summed E-state index contributed by atoms with van der Waals surface area (Å²) in [5.41, 5.74) is 4.06. The fourth-order valence-electron chi connectivity index (χ4n) is 2.03. The molecular weight excluding hydrogens is 340 g/mol. The van der Waals surface area contributed by atoms with Gasteiger partial charge in [0.15, 0.2) is 5.01 Å². The van der Waals surface area contributed by atoms with E-state index in [1.54, 1.807) is 0 Å². The van der Waals surface area contributed by atoms with Crippen LogP contribution in [-0.4, -0.2) is 15.5 Å². The van der Waals surface area contributed by atoms with Crippen LogP contribution >= 0.6 is 27.3 Å². The van der Waals surface area contributed by atoms with E-state index in [1.165, 1.54) is 11.3 Å². The number of amides is 1. The fourth-order valence-corrected chi connectivity index (χ4v) is 3.12. The number of carbonyl (C=O) groups excluding carboxylic acids is 1. The van der Waals surface area contributed by atoms with E-state index < -0.39 is 0 Å². The van der Waals surface area contributed by atoms with Gasteiger partial charge in [0, 0.05) is 27.0 Å². The maximum atomic E-state index is 11.4. The summed E-state index contributed by atoms with van der Waals surface area (Å²) in [6, 6.07) is 8.19. The highest BCUT2D eigenvalue weighted by molar-refractivity contribution is 9.10. The predicted octanol–water partition coefficient (Wildman–Crippen LogP) is 2.51. The van der Waals surface area contributed by atoms with Crippen LogP contribution < -0.4 is 11.3 Å². The highest BCUT2D eigenvalue weighted by Crippen LogP contribution is 2.22. The Kier molecular flexibility index (Phi) is 3.56. The van der Waals surface area contributed by atoms with Crippen molar-refractivity contribution in [2.75, 3.05) is 0 Å². The first kappa shape index (κ1) is 13.3. The van der Waals surface area contributed by atoms with Gasteiger partial charge in [-0.05, 0) is 24.3 Å². The molecule has 0 bridgehead atoms. The van der Waals surface area contributed by atoms with Gasteiger partial charge in [-0.15, -0.1) is 11.3 Å². The van der Waals surface area contributed by atoms with Crippen molar-refractivity contribution < 1.29 is 4.79 Å². The number of aromatic nitrogens is 2. The van der Waals surface area contributed by atoms with Crippen LogP contribution in [0.15, 0.2) is 40.3 Å². The third kappa shape index (κ3) is 2.47. The molecule has 0 atom stereocenters. The Morgan fingerprint density at radius 1 is 1.45 bits per heavy atom. The maximum Gasteiger partial charge on any atom is 0.294 e. The summed E-state index contributed by atoms with van der Waals surface area (Å²) in [6.45, 7) is 0.624. The van der Waals surface area contributed by atoms with Gasteiger partial charge in [-0.1, -0.05) is 15.9 Å². The zero-order chi connectivity index (χ0) is 14.1. The molecule has 3 N–H and O–H groups in total. The molecule has 1 amide bonds. The fraction of sp³-hybridized carbons (Fsp3) is 0.0769. The first-order chi connectivity index (χ1) is 9.67. The number of rotatable bonds is 3. The second-order valence-electron chi connectivity index (χ2n) is 4.26. The van der Waals surface area contributed by atoms with Gasteiger partial charge in [0.1, 0.15) is 0 Å². The van der Waals surface area contributed by atoms with Crippen molar-refractivity contribution in [3.63, 3.8) is 0 Å². The highest BCUT2D eigenvalue weighted by Gasteiger charge is 2.10. The lowest BCUT2D eigenvalue weighted by molar-refractivity contribution is 0.0953. The molecule has 2 heterocycles. The molecule has 0 radical (unpaired) electrons. The van der Waals surface area contributed by atoms with Crippen LogP contribution in [0, 0.1) is 0 Å². The lowest BCUT2D eigenvalue weighted by Crippen LogP contribution is -2.29. The second-order valence-corrected chi connectivity index (χ2v) is 6.04. The summed E-state index contributed by atoms with van der Waals surface area (Å²) < 4.78 is 3.15. The maximum absolute atomic E-state index is 11.4. The first-order valence-corrected chi connectivity index (χ1v) is 7.54. The zero-order valence-corrected chi connectivity index (χ0v) is 12.7. The minimum atomic E-state index is -0.359. The Labute approximate surface area is 127 Å². The van der Waals surface area contributed by atoms with Crippen molar-refractivity contribution in [2.45, 2.75) is 6.54 Å². The van der Waals surface area contributed by atoms with Gasteiger partial charge in [-0.2, -0.15) is 0 Å². The molecule has 2 aromatic heterocycles. The first-order valence-electron chi connectivity index (χ1n) is 5.87. The van der Waals surface area contributed by atoms with E-state index in [1.807, 2.05) is 17.6 Å². The van der Waals surface area contributed by atoms with Crippen LogP contribution in [0.5, 0.6) is 0 Å². The number of hydrogen-bond donors (Lipinski definition) is 2. The molecule has 0 fully saturated rings. The van der Waals surface area contributed by atoms with E-state index in [-0.39, 0.29) is 5.91 Å². The average Bonchev–Trinajstić information content (AvgIpc) is 3.06. The minimum absolute atomic E-state index is 0.359. The molecule has 0 unspecified atom stereocenters. The lowest BCUT2D eigenvalue weighted by Gasteiger charge is -2.03. The number of nitrogens with two attached hydrogens (primary N) is 1. The number of benzene rings is 1. The van der Waals surface area contributed by atoms with Gasteiger partial charge in [-0.3, -0.25) is 10.2 Å². The SMILES string of the molecule is NNC(=O)c1nc(Cn2ccc3cc(Br)ccc32)cs1. The average molecular weight is 351 g/mol. The summed E-state index contributed by atoms with van der Waals surface area (Å²) in [5.74, 6) is 4.74.